The first-order valence-electron chi connectivity index (χ1n) is 6.77. The van der Waals surface area contributed by atoms with Crippen molar-refractivity contribution in [2.45, 2.75) is 57.7 Å². The summed E-state index contributed by atoms with van der Waals surface area (Å²) >= 11 is 0. The van der Waals surface area contributed by atoms with E-state index in [9.17, 15) is 18.0 Å². The number of nitrogens with zero attached hydrogens (tertiary/aromatic N) is 2. The van der Waals surface area contributed by atoms with Gasteiger partial charge in [0, 0.05) is 24.2 Å². The molecule has 0 fully saturated rings. The van der Waals surface area contributed by atoms with Crippen molar-refractivity contribution in [3.63, 3.8) is 0 Å². The summed E-state index contributed by atoms with van der Waals surface area (Å²) in [5, 5.41) is 12.3. The van der Waals surface area contributed by atoms with Crippen molar-refractivity contribution in [3.05, 3.63) is 17.0 Å². The fourth-order valence-corrected chi connectivity index (χ4v) is 2.62. The molecule has 0 bridgehead atoms. The molecule has 0 unspecified atom stereocenters. The molecule has 0 atom stereocenters. The van der Waals surface area contributed by atoms with Crippen LogP contribution < -0.4 is 0 Å². The van der Waals surface area contributed by atoms with E-state index in [0.29, 0.717) is 43.5 Å². The molecule has 0 aliphatic heterocycles. The Hall–Kier alpha value is -1.53. The number of rotatable bonds is 5. The Labute approximate surface area is 114 Å². The average Bonchev–Trinajstić information content (AvgIpc) is 2.73. The molecule has 1 N–H and O–H groups in total. The summed E-state index contributed by atoms with van der Waals surface area (Å²) in [7, 11) is 0. The van der Waals surface area contributed by atoms with Gasteiger partial charge in [-0.05, 0) is 38.5 Å². The van der Waals surface area contributed by atoms with Crippen molar-refractivity contribution in [1.29, 1.82) is 0 Å². The van der Waals surface area contributed by atoms with Crippen LogP contribution in [0.3, 0.4) is 0 Å². The van der Waals surface area contributed by atoms with E-state index in [2.05, 4.69) is 5.10 Å². The normalized spacial score (nSPS) is 15.2. The number of halogens is 3. The number of aryl methyl sites for hydroxylation is 1. The molecule has 1 heterocycles. The molecule has 2 rings (SSSR count). The summed E-state index contributed by atoms with van der Waals surface area (Å²) in [4.78, 5) is 10.4. The average molecular weight is 290 g/mol. The molecule has 7 heteroatoms. The molecule has 20 heavy (non-hydrogen) atoms. The second-order valence-corrected chi connectivity index (χ2v) is 5.05. The van der Waals surface area contributed by atoms with Crippen LogP contribution in [0.1, 0.15) is 49.1 Å². The SMILES string of the molecule is O=C(O)CCCCn1nc(C(F)(F)F)c2c1CCCC2. The minimum Gasteiger partial charge on any atom is -0.481 e. The van der Waals surface area contributed by atoms with Crippen molar-refractivity contribution in [2.75, 3.05) is 0 Å². The van der Waals surface area contributed by atoms with Gasteiger partial charge in [-0.3, -0.25) is 9.48 Å². The number of alkyl halides is 3. The van der Waals surface area contributed by atoms with Crippen LogP contribution in [0.15, 0.2) is 0 Å². The molecule has 0 amide bonds. The Morgan fingerprint density at radius 1 is 1.25 bits per heavy atom. The molecule has 0 saturated carbocycles. The van der Waals surface area contributed by atoms with Crippen molar-refractivity contribution in [2.24, 2.45) is 0 Å². The predicted molar refractivity (Wildman–Crippen MR) is 65.4 cm³/mol. The maximum Gasteiger partial charge on any atom is 0.435 e. The molecule has 1 aliphatic carbocycles. The zero-order valence-corrected chi connectivity index (χ0v) is 11.0. The van der Waals surface area contributed by atoms with Gasteiger partial charge in [-0.2, -0.15) is 18.3 Å². The smallest absolute Gasteiger partial charge is 0.435 e. The lowest BCUT2D eigenvalue weighted by Gasteiger charge is -2.14. The minimum absolute atomic E-state index is 0.0373. The van der Waals surface area contributed by atoms with Crippen LogP contribution in [-0.4, -0.2) is 20.9 Å². The molecular weight excluding hydrogens is 273 g/mol. The number of aromatic nitrogens is 2. The Bertz CT molecular complexity index is 495. The molecule has 1 aromatic heterocycles. The lowest BCUT2D eigenvalue weighted by Crippen LogP contribution is -2.11. The van der Waals surface area contributed by atoms with E-state index in [1.165, 1.54) is 4.68 Å². The van der Waals surface area contributed by atoms with Crippen molar-refractivity contribution < 1.29 is 23.1 Å². The monoisotopic (exact) mass is 290 g/mol. The maximum atomic E-state index is 12.9. The fraction of sp³-hybridized carbons (Fsp3) is 0.692. The Balaban J connectivity index is 2.12. The molecule has 4 nitrogen and oxygen atoms in total. The topological polar surface area (TPSA) is 55.1 Å². The third-order valence-corrected chi connectivity index (χ3v) is 3.54. The van der Waals surface area contributed by atoms with E-state index in [-0.39, 0.29) is 6.42 Å². The summed E-state index contributed by atoms with van der Waals surface area (Å²) in [6.45, 7) is 0.353. The fourth-order valence-electron chi connectivity index (χ4n) is 2.62. The number of carboxylic acids is 1. The zero-order chi connectivity index (χ0) is 14.8. The van der Waals surface area contributed by atoms with Crippen molar-refractivity contribution in [1.82, 2.24) is 9.78 Å². The van der Waals surface area contributed by atoms with Crippen molar-refractivity contribution in [3.8, 4) is 0 Å². The van der Waals surface area contributed by atoms with Gasteiger partial charge in [0.05, 0.1) is 0 Å². The lowest BCUT2D eigenvalue weighted by molar-refractivity contribution is -0.142. The molecule has 1 aliphatic rings. The number of hydrogen-bond donors (Lipinski definition) is 1. The summed E-state index contributed by atoms with van der Waals surface area (Å²) in [5.74, 6) is -0.886. The molecule has 0 aromatic carbocycles. The summed E-state index contributed by atoms with van der Waals surface area (Å²) in [6, 6.07) is 0. The van der Waals surface area contributed by atoms with Gasteiger partial charge in [-0.1, -0.05) is 0 Å². The van der Waals surface area contributed by atoms with Crippen LogP contribution >= 0.6 is 0 Å². The highest BCUT2D eigenvalue weighted by Crippen LogP contribution is 2.35. The van der Waals surface area contributed by atoms with Crippen LogP contribution in [0.2, 0.25) is 0 Å². The van der Waals surface area contributed by atoms with Gasteiger partial charge in [0.25, 0.3) is 0 Å². The Morgan fingerprint density at radius 3 is 2.60 bits per heavy atom. The Morgan fingerprint density at radius 2 is 1.95 bits per heavy atom. The van der Waals surface area contributed by atoms with Crippen LogP contribution in [0.4, 0.5) is 13.2 Å². The minimum atomic E-state index is -4.41. The standard InChI is InChI=1S/C13H17F3N2O2/c14-13(15,16)12-9-5-1-2-6-10(9)18(17-12)8-4-3-7-11(19)20/h1-8H2,(H,19,20). The number of carbonyl (C=O) groups is 1. The van der Waals surface area contributed by atoms with Crippen LogP contribution in [0.5, 0.6) is 0 Å². The largest absolute Gasteiger partial charge is 0.481 e. The van der Waals surface area contributed by atoms with Gasteiger partial charge < -0.3 is 5.11 Å². The number of aliphatic carboxylic acids is 1. The van der Waals surface area contributed by atoms with E-state index in [4.69, 9.17) is 5.11 Å². The maximum absolute atomic E-state index is 12.9. The van der Waals surface area contributed by atoms with Gasteiger partial charge in [0.1, 0.15) is 0 Å². The highest BCUT2D eigenvalue weighted by molar-refractivity contribution is 5.66. The van der Waals surface area contributed by atoms with Gasteiger partial charge in [0.2, 0.25) is 0 Å². The number of carboxylic acid groups (broad SMARTS) is 1. The van der Waals surface area contributed by atoms with Crippen LogP contribution in [-0.2, 0) is 30.4 Å². The van der Waals surface area contributed by atoms with Gasteiger partial charge in [0.15, 0.2) is 5.69 Å². The summed E-state index contributed by atoms with van der Waals surface area (Å²) < 4.78 is 40.2. The van der Waals surface area contributed by atoms with Gasteiger partial charge in [-0.25, -0.2) is 0 Å². The highest BCUT2D eigenvalue weighted by Gasteiger charge is 2.39. The molecule has 1 aromatic rings. The van der Waals surface area contributed by atoms with E-state index < -0.39 is 17.8 Å². The van der Waals surface area contributed by atoms with E-state index in [1.54, 1.807) is 0 Å². The quantitative estimate of drug-likeness (QED) is 0.848. The number of unbranched alkanes of at least 4 members (excludes halogenated alkanes) is 1. The van der Waals surface area contributed by atoms with E-state index in [1.807, 2.05) is 0 Å². The zero-order valence-electron chi connectivity index (χ0n) is 11.0. The molecule has 0 spiro atoms. The lowest BCUT2D eigenvalue weighted by atomic mass is 9.95. The highest BCUT2D eigenvalue weighted by atomic mass is 19.4. The summed E-state index contributed by atoms with van der Waals surface area (Å²) in [6.07, 6.45) is -0.699. The van der Waals surface area contributed by atoms with Gasteiger partial charge in [-0.15, -0.1) is 0 Å². The molecular formula is C13H17F3N2O2. The van der Waals surface area contributed by atoms with E-state index >= 15 is 0 Å². The van der Waals surface area contributed by atoms with Crippen LogP contribution in [0.25, 0.3) is 0 Å². The first kappa shape index (κ1) is 14.9. The molecule has 112 valence electrons. The number of hydrogen-bond acceptors (Lipinski definition) is 2. The second kappa shape index (κ2) is 5.85. The first-order valence-corrected chi connectivity index (χ1v) is 6.77. The molecule has 0 radical (unpaired) electrons. The number of fused-ring (bicyclic) bond motifs is 1. The third kappa shape index (κ3) is 3.32. The summed E-state index contributed by atoms with van der Waals surface area (Å²) in [5.41, 5.74) is 0.256. The van der Waals surface area contributed by atoms with Gasteiger partial charge >= 0.3 is 12.1 Å². The van der Waals surface area contributed by atoms with Crippen LogP contribution in [0, 0.1) is 0 Å². The predicted octanol–water partition coefficient (Wildman–Crippen LogP) is 3.04. The van der Waals surface area contributed by atoms with E-state index in [0.717, 1.165) is 12.8 Å². The second-order valence-electron chi connectivity index (χ2n) is 5.05. The van der Waals surface area contributed by atoms with Crippen molar-refractivity contribution >= 4 is 5.97 Å². The molecule has 0 saturated heterocycles. The third-order valence-electron chi connectivity index (χ3n) is 3.54. The Kier molecular flexibility index (Phi) is 4.35. The first-order chi connectivity index (χ1) is 9.39.